The van der Waals surface area contributed by atoms with Gasteiger partial charge in [-0.3, -0.25) is 0 Å². The lowest BCUT2D eigenvalue weighted by Crippen LogP contribution is -2.29. The molecule has 1 saturated carbocycles. The van der Waals surface area contributed by atoms with E-state index in [4.69, 9.17) is 11.0 Å². The number of sulfonamides is 1. The molecular formula is C12H15N3O2S. The van der Waals surface area contributed by atoms with E-state index in [2.05, 4.69) is 4.72 Å². The first-order chi connectivity index (χ1) is 8.26. The fourth-order valence-corrected chi connectivity index (χ4v) is 3.30. The van der Waals surface area contributed by atoms with E-state index in [0.717, 1.165) is 6.42 Å². The van der Waals surface area contributed by atoms with Crippen molar-refractivity contribution in [3.8, 4) is 6.07 Å². The summed E-state index contributed by atoms with van der Waals surface area (Å²) in [7, 11) is -3.61. The lowest BCUT2D eigenvalue weighted by Gasteiger charge is -2.10. The van der Waals surface area contributed by atoms with Crippen molar-refractivity contribution in [2.45, 2.75) is 31.2 Å². The number of hydrogen-bond donors (Lipinski definition) is 2. The molecule has 1 aromatic carbocycles. The number of anilines is 1. The number of benzene rings is 1. The zero-order valence-corrected chi connectivity index (χ0v) is 11.1. The van der Waals surface area contributed by atoms with E-state index in [9.17, 15) is 8.42 Å². The molecule has 0 radical (unpaired) electrons. The van der Waals surface area contributed by atoms with Crippen molar-refractivity contribution in [2.75, 3.05) is 5.73 Å². The van der Waals surface area contributed by atoms with E-state index in [1.807, 2.05) is 19.9 Å². The Labute approximate surface area is 107 Å². The third-order valence-corrected chi connectivity index (χ3v) is 4.78. The summed E-state index contributed by atoms with van der Waals surface area (Å²) in [6, 6.07) is 6.06. The van der Waals surface area contributed by atoms with Gasteiger partial charge in [0.15, 0.2) is 0 Å². The number of rotatable bonds is 3. The molecule has 0 aromatic heterocycles. The molecule has 0 bridgehead atoms. The van der Waals surface area contributed by atoms with Crippen LogP contribution in [0.25, 0.3) is 0 Å². The van der Waals surface area contributed by atoms with Gasteiger partial charge in [-0.25, -0.2) is 13.1 Å². The third kappa shape index (κ3) is 2.33. The summed E-state index contributed by atoms with van der Waals surface area (Å²) in [4.78, 5) is 0.0317. The predicted molar refractivity (Wildman–Crippen MR) is 68.1 cm³/mol. The Morgan fingerprint density at radius 2 is 2.11 bits per heavy atom. The van der Waals surface area contributed by atoms with Gasteiger partial charge in [-0.2, -0.15) is 5.26 Å². The molecule has 5 nitrogen and oxygen atoms in total. The van der Waals surface area contributed by atoms with Gasteiger partial charge < -0.3 is 5.73 Å². The summed E-state index contributed by atoms with van der Waals surface area (Å²) in [5.74, 6) is 0. The second kappa shape index (κ2) is 3.97. The minimum atomic E-state index is -3.61. The van der Waals surface area contributed by atoms with Crippen molar-refractivity contribution < 1.29 is 8.42 Å². The van der Waals surface area contributed by atoms with E-state index in [1.165, 1.54) is 18.2 Å². The predicted octanol–water partition coefficient (Wildman–Crippen LogP) is 1.22. The van der Waals surface area contributed by atoms with E-state index in [1.54, 1.807) is 0 Å². The molecule has 0 saturated heterocycles. The number of nitrogens with two attached hydrogens (primary N) is 1. The molecule has 1 aliphatic carbocycles. The van der Waals surface area contributed by atoms with Crippen molar-refractivity contribution >= 4 is 15.7 Å². The van der Waals surface area contributed by atoms with E-state index in [-0.39, 0.29) is 22.0 Å². The number of nitrogens with zero attached hydrogens (tertiary/aromatic N) is 1. The molecule has 18 heavy (non-hydrogen) atoms. The van der Waals surface area contributed by atoms with Gasteiger partial charge in [0.05, 0.1) is 17.3 Å². The molecule has 2 rings (SSSR count). The van der Waals surface area contributed by atoms with Crippen molar-refractivity contribution in [1.82, 2.24) is 4.72 Å². The van der Waals surface area contributed by atoms with Gasteiger partial charge in [-0.05, 0) is 30.0 Å². The molecule has 6 heteroatoms. The second-order valence-electron chi connectivity index (χ2n) is 5.23. The van der Waals surface area contributed by atoms with Crippen LogP contribution in [0.3, 0.4) is 0 Å². The van der Waals surface area contributed by atoms with Crippen molar-refractivity contribution in [1.29, 1.82) is 5.26 Å². The first-order valence-corrected chi connectivity index (χ1v) is 7.06. The maximum Gasteiger partial charge on any atom is 0.242 e. The minimum absolute atomic E-state index is 0.00836. The summed E-state index contributed by atoms with van der Waals surface area (Å²) >= 11 is 0. The van der Waals surface area contributed by atoms with Crippen LogP contribution in [-0.4, -0.2) is 14.5 Å². The molecule has 1 aromatic rings. The molecular weight excluding hydrogens is 250 g/mol. The lowest BCUT2D eigenvalue weighted by atomic mass is 10.2. The maximum absolute atomic E-state index is 12.1. The standard InChI is InChI=1S/C12H15N3O2S/c1-12(2)6-11(12)15-18(16,17)10-4-3-8(7-13)5-9(10)14/h3-5,11,15H,6,14H2,1-2H3. The number of nitrogens with one attached hydrogen (secondary N) is 1. The Morgan fingerprint density at radius 3 is 2.56 bits per heavy atom. The fraction of sp³-hybridized carbons (Fsp3) is 0.417. The summed E-state index contributed by atoms with van der Waals surface area (Å²) in [5.41, 5.74) is 6.13. The van der Waals surface area contributed by atoms with Crippen LogP contribution in [-0.2, 0) is 10.0 Å². The molecule has 0 amide bonds. The molecule has 1 aliphatic rings. The first-order valence-electron chi connectivity index (χ1n) is 5.58. The van der Waals surface area contributed by atoms with Gasteiger partial charge in [0.2, 0.25) is 10.0 Å². The average Bonchev–Trinajstić information content (AvgIpc) is 2.84. The topological polar surface area (TPSA) is 96.0 Å². The molecule has 0 aliphatic heterocycles. The average molecular weight is 265 g/mol. The summed E-state index contributed by atoms with van der Waals surface area (Å²) < 4.78 is 26.9. The Balaban J connectivity index is 2.28. The van der Waals surface area contributed by atoms with Crippen LogP contribution in [0.15, 0.2) is 23.1 Å². The zero-order chi connectivity index (χ0) is 13.6. The highest BCUT2D eigenvalue weighted by molar-refractivity contribution is 7.89. The smallest absolute Gasteiger partial charge is 0.242 e. The van der Waals surface area contributed by atoms with Crippen LogP contribution in [0.2, 0.25) is 0 Å². The van der Waals surface area contributed by atoms with Gasteiger partial charge in [-0.15, -0.1) is 0 Å². The number of hydrogen-bond acceptors (Lipinski definition) is 4. The van der Waals surface area contributed by atoms with Crippen LogP contribution >= 0.6 is 0 Å². The van der Waals surface area contributed by atoms with Crippen molar-refractivity contribution in [3.63, 3.8) is 0 Å². The molecule has 96 valence electrons. The molecule has 1 unspecified atom stereocenters. The Bertz CT molecular complexity index is 629. The van der Waals surface area contributed by atoms with E-state index < -0.39 is 10.0 Å². The van der Waals surface area contributed by atoms with Crippen LogP contribution in [0.4, 0.5) is 5.69 Å². The van der Waals surface area contributed by atoms with Crippen molar-refractivity contribution in [2.24, 2.45) is 5.41 Å². The molecule has 3 N–H and O–H groups in total. The van der Waals surface area contributed by atoms with E-state index >= 15 is 0 Å². The monoisotopic (exact) mass is 265 g/mol. The Kier molecular flexibility index (Phi) is 2.84. The Morgan fingerprint density at radius 1 is 1.50 bits per heavy atom. The molecule has 1 atom stereocenters. The lowest BCUT2D eigenvalue weighted by molar-refractivity contribution is 0.555. The van der Waals surface area contributed by atoms with Gasteiger partial charge in [0, 0.05) is 6.04 Å². The molecule has 1 fully saturated rings. The summed E-state index contributed by atoms with van der Waals surface area (Å²) in [5, 5.41) is 8.71. The second-order valence-corrected chi connectivity index (χ2v) is 6.91. The van der Waals surface area contributed by atoms with Crippen LogP contribution in [0.1, 0.15) is 25.8 Å². The van der Waals surface area contributed by atoms with E-state index in [0.29, 0.717) is 5.56 Å². The highest BCUT2D eigenvalue weighted by Crippen LogP contribution is 2.45. The molecule has 0 heterocycles. The van der Waals surface area contributed by atoms with Gasteiger partial charge in [0.25, 0.3) is 0 Å². The minimum Gasteiger partial charge on any atom is -0.398 e. The fourth-order valence-electron chi connectivity index (χ4n) is 1.78. The largest absolute Gasteiger partial charge is 0.398 e. The van der Waals surface area contributed by atoms with Crippen LogP contribution < -0.4 is 10.5 Å². The Hall–Kier alpha value is -1.58. The summed E-state index contributed by atoms with van der Waals surface area (Å²) in [6.45, 7) is 4.00. The summed E-state index contributed by atoms with van der Waals surface area (Å²) in [6.07, 6.45) is 0.822. The highest BCUT2D eigenvalue weighted by Gasteiger charge is 2.48. The van der Waals surface area contributed by atoms with Gasteiger partial charge >= 0.3 is 0 Å². The SMILES string of the molecule is CC1(C)CC1NS(=O)(=O)c1ccc(C#N)cc1N. The van der Waals surface area contributed by atoms with Crippen LogP contribution in [0, 0.1) is 16.7 Å². The van der Waals surface area contributed by atoms with Crippen molar-refractivity contribution in [3.05, 3.63) is 23.8 Å². The van der Waals surface area contributed by atoms with Crippen LogP contribution in [0.5, 0.6) is 0 Å². The first kappa shape index (κ1) is 12.9. The van der Waals surface area contributed by atoms with Gasteiger partial charge in [-0.1, -0.05) is 13.8 Å². The highest BCUT2D eigenvalue weighted by atomic mass is 32.2. The normalized spacial score (nSPS) is 21.3. The van der Waals surface area contributed by atoms with Gasteiger partial charge in [0.1, 0.15) is 4.90 Å². The quantitative estimate of drug-likeness (QED) is 0.803. The molecule has 0 spiro atoms. The number of nitrogen functional groups attached to an aromatic ring is 1. The zero-order valence-electron chi connectivity index (χ0n) is 10.3. The maximum atomic E-state index is 12.1. The number of nitriles is 1. The third-order valence-electron chi connectivity index (χ3n) is 3.24.